The molecule has 2 aromatic rings. The molecule has 164 valence electrons. The van der Waals surface area contributed by atoms with Crippen LogP contribution in [0.3, 0.4) is 0 Å². The van der Waals surface area contributed by atoms with Crippen molar-refractivity contribution in [2.45, 2.75) is 25.2 Å². The highest BCUT2D eigenvalue weighted by atomic mass is 79.9. The number of fused-ring (bicyclic) bond motifs is 1. The second-order valence-electron chi connectivity index (χ2n) is 7.92. The number of carbonyl (C=O) groups is 1. The zero-order chi connectivity index (χ0) is 22.3. The monoisotopic (exact) mass is 505 g/mol. The zero-order valence-electron chi connectivity index (χ0n) is 17.6. The van der Waals surface area contributed by atoms with Gasteiger partial charge in [-0.2, -0.15) is 0 Å². The third-order valence-corrected chi connectivity index (χ3v) is 7.35. The minimum Gasteiger partial charge on any atom is -0.350 e. The molecule has 1 aliphatic heterocycles. The van der Waals surface area contributed by atoms with E-state index in [0.717, 1.165) is 39.1 Å². The number of hydrogen-bond acceptors (Lipinski definition) is 4. The van der Waals surface area contributed by atoms with Gasteiger partial charge in [-0.3, -0.25) is 9.10 Å². The molecule has 1 fully saturated rings. The molecule has 0 radical (unpaired) electrons. The molecule has 1 amide bonds. The lowest BCUT2D eigenvalue weighted by Crippen LogP contribution is -2.54. The Morgan fingerprint density at radius 1 is 1.26 bits per heavy atom. The van der Waals surface area contributed by atoms with Gasteiger partial charge in [-0.25, -0.2) is 8.42 Å². The molecule has 0 saturated heterocycles. The lowest BCUT2D eigenvalue weighted by atomic mass is 10.0. The molecule has 2 aromatic carbocycles. The number of hydrogen-bond donors (Lipinski definition) is 2. The van der Waals surface area contributed by atoms with Crippen molar-refractivity contribution in [3.05, 3.63) is 57.0 Å². The van der Waals surface area contributed by atoms with Crippen LogP contribution in [0, 0.1) is 0 Å². The van der Waals surface area contributed by atoms with Crippen LogP contribution in [0.1, 0.15) is 30.7 Å². The van der Waals surface area contributed by atoms with Crippen LogP contribution in [0.2, 0.25) is 0 Å². The van der Waals surface area contributed by atoms with Crippen molar-refractivity contribution in [1.82, 2.24) is 9.89 Å². The highest BCUT2D eigenvalue weighted by Gasteiger charge is 2.38. The molecule has 4 rings (SSSR count). The van der Waals surface area contributed by atoms with E-state index in [-0.39, 0.29) is 5.91 Å². The van der Waals surface area contributed by atoms with E-state index in [4.69, 9.17) is 5.73 Å². The molecule has 1 saturated carbocycles. The maximum absolute atomic E-state index is 12.7. The summed E-state index contributed by atoms with van der Waals surface area (Å²) in [5.74, 6) is 0.142. The Bertz CT molecular complexity index is 1270. The van der Waals surface area contributed by atoms with Gasteiger partial charge < -0.3 is 11.1 Å². The first-order chi connectivity index (χ1) is 14.8. The largest absolute Gasteiger partial charge is 0.350 e. The Balaban J connectivity index is 1.98. The molecule has 1 aliphatic carbocycles. The van der Waals surface area contributed by atoms with E-state index in [0.29, 0.717) is 36.8 Å². The van der Waals surface area contributed by atoms with Crippen LogP contribution in [-0.4, -0.2) is 40.7 Å². The number of nitrogens with zero attached hydrogens (tertiary/aromatic N) is 2. The molecular formula is C22H26BrN4O3S+. The van der Waals surface area contributed by atoms with E-state index in [2.05, 4.69) is 21.2 Å². The number of anilines is 1. The predicted octanol–water partition coefficient (Wildman–Crippen LogP) is 1.13. The van der Waals surface area contributed by atoms with Crippen molar-refractivity contribution in [2.24, 2.45) is 5.73 Å². The quantitative estimate of drug-likeness (QED) is 0.525. The number of sulfonamides is 1. The number of nitrogens with two attached hydrogens (primary N) is 1. The van der Waals surface area contributed by atoms with E-state index in [1.807, 2.05) is 41.0 Å². The molecule has 31 heavy (non-hydrogen) atoms. The maximum atomic E-state index is 12.7. The van der Waals surface area contributed by atoms with E-state index >= 15 is 0 Å². The van der Waals surface area contributed by atoms with E-state index in [1.54, 1.807) is 7.05 Å². The number of rotatable bonds is 8. The second kappa shape index (κ2) is 8.37. The molecular weight excluding hydrogens is 480 g/mol. The summed E-state index contributed by atoms with van der Waals surface area (Å²) in [6, 6.07) is 11.6. The normalized spacial score (nSPS) is 15.4. The summed E-state index contributed by atoms with van der Waals surface area (Å²) in [4.78, 5) is 12.7. The van der Waals surface area contributed by atoms with Crippen molar-refractivity contribution in [3.63, 3.8) is 0 Å². The average molecular weight is 506 g/mol. The second-order valence-corrected chi connectivity index (χ2v) is 10.7. The molecule has 0 unspecified atom stereocenters. The van der Waals surface area contributed by atoms with Crippen LogP contribution < -0.4 is 30.5 Å². The van der Waals surface area contributed by atoms with Gasteiger partial charge in [0.2, 0.25) is 21.1 Å². The molecule has 2 aliphatic rings. The summed E-state index contributed by atoms with van der Waals surface area (Å²) in [7, 11) is -1.87. The van der Waals surface area contributed by atoms with Crippen molar-refractivity contribution >= 4 is 48.9 Å². The highest BCUT2D eigenvalue weighted by molar-refractivity contribution is 9.10. The van der Waals surface area contributed by atoms with Crippen LogP contribution in [-0.2, 0) is 14.8 Å². The Labute approximate surface area is 190 Å². The minimum atomic E-state index is -3.48. The number of amides is 1. The van der Waals surface area contributed by atoms with Gasteiger partial charge in [-0.1, -0.05) is 15.9 Å². The predicted molar refractivity (Wildman–Crippen MR) is 126 cm³/mol. The van der Waals surface area contributed by atoms with Gasteiger partial charge in [0, 0.05) is 36.3 Å². The fourth-order valence-corrected chi connectivity index (χ4v) is 5.23. The van der Waals surface area contributed by atoms with Gasteiger partial charge >= 0.3 is 5.91 Å². The topological polar surface area (TPSA) is 95.5 Å². The average Bonchev–Trinajstić information content (AvgIpc) is 3.55. The first kappa shape index (κ1) is 22.0. The fraction of sp³-hybridized carbons (Fsp3) is 0.364. The lowest BCUT2D eigenvalue weighted by molar-refractivity contribution is -0.115. The van der Waals surface area contributed by atoms with Crippen molar-refractivity contribution in [2.75, 3.05) is 30.7 Å². The molecule has 7 nitrogen and oxygen atoms in total. The van der Waals surface area contributed by atoms with Gasteiger partial charge in [0.05, 0.1) is 11.9 Å². The van der Waals surface area contributed by atoms with Gasteiger partial charge in [0.15, 0.2) is 0 Å². The van der Waals surface area contributed by atoms with Crippen LogP contribution in [0.15, 0.2) is 40.9 Å². The Kier molecular flexibility index (Phi) is 5.93. The van der Waals surface area contributed by atoms with E-state index in [1.165, 1.54) is 10.6 Å². The summed E-state index contributed by atoms with van der Waals surface area (Å²) in [5.41, 5.74) is 8.75. The zero-order valence-corrected chi connectivity index (χ0v) is 20.0. The Morgan fingerprint density at radius 2 is 1.94 bits per heavy atom. The summed E-state index contributed by atoms with van der Waals surface area (Å²) >= 11 is 3.44. The Morgan fingerprint density at radius 3 is 2.48 bits per heavy atom. The summed E-state index contributed by atoms with van der Waals surface area (Å²) in [6.07, 6.45) is 3.84. The smallest absolute Gasteiger partial charge is 0.317 e. The third-order valence-electron chi connectivity index (χ3n) is 5.64. The van der Waals surface area contributed by atoms with E-state index < -0.39 is 10.0 Å². The molecule has 0 bridgehead atoms. The summed E-state index contributed by atoms with van der Waals surface area (Å²) in [5, 5.41) is 4.39. The summed E-state index contributed by atoms with van der Waals surface area (Å²) < 4.78 is 29.6. The number of benzene rings is 2. The molecule has 3 N–H and O–H groups in total. The molecule has 0 aromatic heterocycles. The van der Waals surface area contributed by atoms with Crippen molar-refractivity contribution in [1.29, 1.82) is 0 Å². The number of carbonyl (C=O) groups excluding carboxylic acids is 1. The first-order valence-corrected chi connectivity index (χ1v) is 12.9. The number of nitrogens with one attached hydrogen (secondary N) is 1. The minimum absolute atomic E-state index is 0.173. The highest BCUT2D eigenvalue weighted by Crippen LogP contribution is 2.44. The Hall–Kier alpha value is -2.23. The van der Waals surface area contributed by atoms with Gasteiger partial charge in [-0.05, 0) is 55.5 Å². The van der Waals surface area contributed by atoms with Gasteiger partial charge in [0.1, 0.15) is 5.22 Å². The third kappa shape index (κ3) is 4.14. The maximum Gasteiger partial charge on any atom is 0.317 e. The van der Waals surface area contributed by atoms with Crippen LogP contribution in [0.5, 0.6) is 0 Å². The summed E-state index contributed by atoms with van der Waals surface area (Å²) in [6.45, 7) is 0.744. The van der Waals surface area contributed by atoms with E-state index in [9.17, 15) is 13.2 Å². The van der Waals surface area contributed by atoms with Gasteiger partial charge in [0.25, 0.3) is 5.70 Å². The first-order valence-electron chi connectivity index (χ1n) is 10.3. The number of halogens is 1. The van der Waals surface area contributed by atoms with Crippen LogP contribution in [0.25, 0.3) is 5.70 Å². The van der Waals surface area contributed by atoms with Crippen molar-refractivity contribution < 1.29 is 13.2 Å². The van der Waals surface area contributed by atoms with Crippen LogP contribution >= 0.6 is 15.9 Å². The molecule has 9 heteroatoms. The number of likely N-dealkylation sites (N-methyl/N-ethyl adjacent to an activating group) is 1. The van der Waals surface area contributed by atoms with Gasteiger partial charge in [-0.15, -0.1) is 4.58 Å². The molecule has 1 heterocycles. The standard InChI is InChI=1S/C22H25BrN4O3S/c1-25-22(28)21-18-12-17(14-4-5-14)19(26(11-3-10-24)31(2,29)30)13-20(18)27(21)16-8-6-15(23)7-9-16/h6-9,12-14H,3-5,10-11,24H2,1-2H3/p+1. The van der Waals surface area contributed by atoms with Crippen molar-refractivity contribution in [3.8, 4) is 0 Å². The molecule has 0 spiro atoms. The SMILES string of the molecule is CNC(=O)C1=c2cc(C3CC3)c(N(CCCN)S(C)(=O)=O)cc2=[N+]1c1ccc(Br)cc1. The van der Waals surface area contributed by atoms with Crippen LogP contribution in [0.4, 0.5) is 11.4 Å². The molecule has 0 atom stereocenters. The lowest BCUT2D eigenvalue weighted by Gasteiger charge is -2.25. The fourth-order valence-electron chi connectivity index (χ4n) is 3.99.